The summed E-state index contributed by atoms with van der Waals surface area (Å²) >= 11 is 0. The fourth-order valence-electron chi connectivity index (χ4n) is 4.10. The standard InChI is InChI=1S/C17H22N2O/c20-16(17(8-9-17)14-6-2-1-3-7-14)19-10-4-5-13-11-18-12-15(13)19/h1-3,6-7,13,15,18H,4-5,8-12H2. The molecule has 2 unspecified atom stereocenters. The molecule has 0 radical (unpaired) electrons. The van der Waals surface area contributed by atoms with Gasteiger partial charge >= 0.3 is 0 Å². The second-order valence-electron chi connectivity index (χ2n) is 6.57. The molecule has 1 aromatic rings. The maximum absolute atomic E-state index is 13.1. The second-order valence-corrected chi connectivity index (χ2v) is 6.57. The Kier molecular flexibility index (Phi) is 2.84. The molecule has 20 heavy (non-hydrogen) atoms. The number of carbonyl (C=O) groups is 1. The maximum Gasteiger partial charge on any atom is 0.233 e. The highest BCUT2D eigenvalue weighted by Gasteiger charge is 2.54. The summed E-state index contributed by atoms with van der Waals surface area (Å²) in [7, 11) is 0. The van der Waals surface area contributed by atoms with Gasteiger partial charge in [-0.05, 0) is 37.2 Å². The molecule has 106 valence electrons. The molecule has 1 aliphatic carbocycles. The summed E-state index contributed by atoms with van der Waals surface area (Å²) in [5.41, 5.74) is 1.03. The lowest BCUT2D eigenvalue weighted by Gasteiger charge is -2.39. The van der Waals surface area contributed by atoms with E-state index in [1.54, 1.807) is 0 Å². The molecule has 0 bridgehead atoms. The molecule has 2 aliphatic heterocycles. The fourth-order valence-corrected chi connectivity index (χ4v) is 4.10. The Morgan fingerprint density at radius 1 is 1.20 bits per heavy atom. The molecule has 3 aliphatic rings. The van der Waals surface area contributed by atoms with E-state index in [2.05, 4.69) is 34.5 Å². The van der Waals surface area contributed by atoms with Crippen LogP contribution in [0.3, 0.4) is 0 Å². The van der Waals surface area contributed by atoms with Crippen LogP contribution in [0.5, 0.6) is 0 Å². The topological polar surface area (TPSA) is 32.3 Å². The average molecular weight is 270 g/mol. The quantitative estimate of drug-likeness (QED) is 0.890. The predicted molar refractivity (Wildman–Crippen MR) is 78.4 cm³/mol. The number of rotatable bonds is 2. The Labute approximate surface area is 120 Å². The molecule has 1 aromatic carbocycles. The van der Waals surface area contributed by atoms with Crippen molar-refractivity contribution in [3.05, 3.63) is 35.9 Å². The third-order valence-corrected chi connectivity index (χ3v) is 5.43. The first-order chi connectivity index (χ1) is 9.81. The van der Waals surface area contributed by atoms with Crippen LogP contribution in [-0.4, -0.2) is 36.5 Å². The molecule has 2 atom stereocenters. The van der Waals surface area contributed by atoms with Gasteiger partial charge in [0.05, 0.1) is 5.41 Å². The van der Waals surface area contributed by atoms with Crippen LogP contribution in [0.4, 0.5) is 0 Å². The minimum absolute atomic E-state index is 0.189. The Hall–Kier alpha value is -1.35. The lowest BCUT2D eigenvalue weighted by atomic mass is 9.88. The highest BCUT2D eigenvalue weighted by molar-refractivity contribution is 5.91. The Bertz CT molecular complexity index is 509. The number of hydrogen-bond acceptors (Lipinski definition) is 2. The number of hydrogen-bond donors (Lipinski definition) is 1. The van der Waals surface area contributed by atoms with Crippen molar-refractivity contribution >= 4 is 5.91 Å². The van der Waals surface area contributed by atoms with E-state index in [-0.39, 0.29) is 5.41 Å². The Morgan fingerprint density at radius 2 is 2.00 bits per heavy atom. The zero-order chi connectivity index (χ0) is 13.6. The summed E-state index contributed by atoms with van der Waals surface area (Å²) in [4.78, 5) is 15.3. The highest BCUT2D eigenvalue weighted by atomic mass is 16.2. The van der Waals surface area contributed by atoms with Crippen LogP contribution in [0.1, 0.15) is 31.2 Å². The van der Waals surface area contributed by atoms with Crippen LogP contribution < -0.4 is 5.32 Å². The third-order valence-electron chi connectivity index (χ3n) is 5.43. The molecule has 1 amide bonds. The monoisotopic (exact) mass is 270 g/mol. The summed E-state index contributed by atoms with van der Waals surface area (Å²) in [6.45, 7) is 3.03. The molecule has 0 spiro atoms. The molecule has 4 rings (SSSR count). The van der Waals surface area contributed by atoms with Gasteiger partial charge in [0.15, 0.2) is 0 Å². The van der Waals surface area contributed by atoms with Gasteiger partial charge < -0.3 is 10.2 Å². The van der Waals surface area contributed by atoms with Crippen molar-refractivity contribution in [2.75, 3.05) is 19.6 Å². The number of benzene rings is 1. The van der Waals surface area contributed by atoms with E-state index in [4.69, 9.17) is 0 Å². The number of fused-ring (bicyclic) bond motifs is 1. The molecule has 3 heteroatoms. The van der Waals surface area contributed by atoms with Gasteiger partial charge in [0, 0.05) is 25.7 Å². The zero-order valence-corrected chi connectivity index (χ0v) is 11.8. The zero-order valence-electron chi connectivity index (χ0n) is 11.8. The number of nitrogens with zero attached hydrogens (tertiary/aromatic N) is 1. The number of piperidine rings is 1. The van der Waals surface area contributed by atoms with Crippen molar-refractivity contribution in [3.8, 4) is 0 Å². The molecule has 0 aromatic heterocycles. The van der Waals surface area contributed by atoms with Gasteiger partial charge in [0.1, 0.15) is 0 Å². The lowest BCUT2D eigenvalue weighted by Crippen LogP contribution is -2.51. The minimum atomic E-state index is -0.189. The second kappa shape index (κ2) is 4.59. The highest BCUT2D eigenvalue weighted by Crippen LogP contribution is 2.50. The van der Waals surface area contributed by atoms with Crippen molar-refractivity contribution in [2.24, 2.45) is 5.92 Å². The third kappa shape index (κ3) is 1.80. The molecule has 1 N–H and O–H groups in total. The lowest BCUT2D eigenvalue weighted by molar-refractivity contribution is -0.138. The number of carbonyl (C=O) groups excluding carboxylic acids is 1. The van der Waals surface area contributed by atoms with Crippen molar-refractivity contribution < 1.29 is 4.79 Å². The van der Waals surface area contributed by atoms with Crippen LogP contribution in [0, 0.1) is 5.92 Å². The minimum Gasteiger partial charge on any atom is -0.337 e. The van der Waals surface area contributed by atoms with E-state index in [9.17, 15) is 4.79 Å². The van der Waals surface area contributed by atoms with Crippen LogP contribution in [0.2, 0.25) is 0 Å². The molecule has 3 fully saturated rings. The van der Waals surface area contributed by atoms with Gasteiger partial charge in [-0.2, -0.15) is 0 Å². The van der Waals surface area contributed by atoms with Gasteiger partial charge in [-0.25, -0.2) is 0 Å². The van der Waals surface area contributed by atoms with Crippen molar-refractivity contribution in [1.29, 1.82) is 0 Å². The summed E-state index contributed by atoms with van der Waals surface area (Å²) in [6.07, 6.45) is 4.49. The number of nitrogens with one attached hydrogen (secondary N) is 1. The first-order valence-corrected chi connectivity index (χ1v) is 7.89. The largest absolute Gasteiger partial charge is 0.337 e. The summed E-state index contributed by atoms with van der Waals surface area (Å²) in [6, 6.07) is 10.8. The van der Waals surface area contributed by atoms with Gasteiger partial charge in [0.25, 0.3) is 0 Å². The molecular weight excluding hydrogens is 248 g/mol. The molecular formula is C17H22N2O. The van der Waals surface area contributed by atoms with Crippen LogP contribution >= 0.6 is 0 Å². The number of amides is 1. The average Bonchev–Trinajstić information content (AvgIpc) is 3.18. The van der Waals surface area contributed by atoms with Crippen LogP contribution in [0.15, 0.2) is 30.3 Å². The number of likely N-dealkylation sites (tertiary alicyclic amines) is 1. The first-order valence-electron chi connectivity index (χ1n) is 7.89. The van der Waals surface area contributed by atoms with Crippen LogP contribution in [-0.2, 0) is 10.2 Å². The van der Waals surface area contributed by atoms with E-state index in [1.165, 1.54) is 18.4 Å². The van der Waals surface area contributed by atoms with E-state index >= 15 is 0 Å². The molecule has 2 heterocycles. The first kappa shape index (κ1) is 12.4. The van der Waals surface area contributed by atoms with Gasteiger partial charge in [-0.1, -0.05) is 30.3 Å². The molecule has 2 saturated heterocycles. The molecule has 3 nitrogen and oxygen atoms in total. The summed E-state index contributed by atoms with van der Waals surface area (Å²) < 4.78 is 0. The van der Waals surface area contributed by atoms with E-state index < -0.39 is 0 Å². The van der Waals surface area contributed by atoms with Gasteiger partial charge in [-0.3, -0.25) is 4.79 Å². The van der Waals surface area contributed by atoms with Crippen LogP contribution in [0.25, 0.3) is 0 Å². The SMILES string of the molecule is O=C(N1CCCC2CNCC21)C1(c2ccccc2)CC1. The van der Waals surface area contributed by atoms with E-state index in [0.717, 1.165) is 32.5 Å². The maximum atomic E-state index is 13.1. The molecule has 1 saturated carbocycles. The van der Waals surface area contributed by atoms with Crippen molar-refractivity contribution in [3.63, 3.8) is 0 Å². The fraction of sp³-hybridized carbons (Fsp3) is 0.588. The predicted octanol–water partition coefficient (Wildman–Crippen LogP) is 1.93. The summed E-state index contributed by atoms with van der Waals surface area (Å²) in [5, 5.41) is 3.47. The van der Waals surface area contributed by atoms with E-state index in [0.29, 0.717) is 17.9 Å². The van der Waals surface area contributed by atoms with Gasteiger partial charge in [0.2, 0.25) is 5.91 Å². The van der Waals surface area contributed by atoms with E-state index in [1.807, 2.05) is 6.07 Å². The Morgan fingerprint density at radius 3 is 2.75 bits per heavy atom. The Balaban J connectivity index is 1.61. The smallest absolute Gasteiger partial charge is 0.233 e. The van der Waals surface area contributed by atoms with Crippen molar-refractivity contribution in [1.82, 2.24) is 10.2 Å². The van der Waals surface area contributed by atoms with Gasteiger partial charge in [-0.15, -0.1) is 0 Å². The van der Waals surface area contributed by atoms with Crippen molar-refractivity contribution in [2.45, 2.75) is 37.1 Å². The normalized spacial score (nSPS) is 30.9. The summed E-state index contributed by atoms with van der Waals surface area (Å²) in [5.74, 6) is 1.07.